The molecule has 1 aliphatic rings. The van der Waals surface area contributed by atoms with E-state index in [1.54, 1.807) is 18.4 Å². The minimum atomic E-state index is 0.0652. The fourth-order valence-corrected chi connectivity index (χ4v) is 3.61. The second-order valence-corrected chi connectivity index (χ2v) is 7.17. The number of methoxy groups -OCH3 is 1. The Morgan fingerprint density at radius 1 is 1.40 bits per heavy atom. The standard InChI is InChI=1S/C19H24N2O3S/c1-23-16-5-2-4-15(10-16)11-17-13-21(7-8-24-17)14-19(22)20-12-18-6-3-9-25-18/h2-6,9-10,17H,7-8,11-14H2,1H3,(H,20,22)/t17-/m0/s1. The molecule has 1 aromatic heterocycles. The number of rotatable bonds is 7. The number of hydrogen-bond acceptors (Lipinski definition) is 5. The van der Waals surface area contributed by atoms with E-state index >= 15 is 0 Å². The zero-order valence-corrected chi connectivity index (χ0v) is 15.3. The van der Waals surface area contributed by atoms with Gasteiger partial charge in [0.2, 0.25) is 5.91 Å². The maximum atomic E-state index is 12.1. The molecule has 0 unspecified atom stereocenters. The molecule has 2 aromatic rings. The summed E-state index contributed by atoms with van der Waals surface area (Å²) in [5.74, 6) is 0.925. The molecule has 0 aliphatic carbocycles. The van der Waals surface area contributed by atoms with Crippen LogP contribution in [-0.4, -0.2) is 50.3 Å². The van der Waals surface area contributed by atoms with Gasteiger partial charge in [0.05, 0.1) is 32.9 Å². The van der Waals surface area contributed by atoms with Crippen LogP contribution in [0.15, 0.2) is 41.8 Å². The predicted octanol–water partition coefficient (Wildman–Crippen LogP) is 2.32. The third-order valence-corrected chi connectivity index (χ3v) is 5.10. The van der Waals surface area contributed by atoms with Gasteiger partial charge in [-0.1, -0.05) is 18.2 Å². The van der Waals surface area contributed by atoms with Crippen LogP contribution in [0.5, 0.6) is 5.75 Å². The fourth-order valence-electron chi connectivity index (χ4n) is 2.97. The highest BCUT2D eigenvalue weighted by Crippen LogP contribution is 2.17. The monoisotopic (exact) mass is 360 g/mol. The average molecular weight is 360 g/mol. The van der Waals surface area contributed by atoms with Gasteiger partial charge in [0.1, 0.15) is 5.75 Å². The van der Waals surface area contributed by atoms with Gasteiger partial charge in [0.25, 0.3) is 0 Å². The smallest absolute Gasteiger partial charge is 0.234 e. The van der Waals surface area contributed by atoms with E-state index in [1.807, 2.05) is 35.7 Å². The van der Waals surface area contributed by atoms with Crippen LogP contribution in [0.4, 0.5) is 0 Å². The van der Waals surface area contributed by atoms with Crippen molar-refractivity contribution < 1.29 is 14.3 Å². The van der Waals surface area contributed by atoms with Gasteiger partial charge in [-0.05, 0) is 29.1 Å². The van der Waals surface area contributed by atoms with Gasteiger partial charge in [-0.3, -0.25) is 9.69 Å². The maximum absolute atomic E-state index is 12.1. The van der Waals surface area contributed by atoms with Crippen molar-refractivity contribution in [2.45, 2.75) is 19.1 Å². The lowest BCUT2D eigenvalue weighted by molar-refractivity contribution is -0.124. The van der Waals surface area contributed by atoms with Gasteiger partial charge in [-0.15, -0.1) is 11.3 Å². The molecule has 0 saturated carbocycles. The minimum absolute atomic E-state index is 0.0652. The summed E-state index contributed by atoms with van der Waals surface area (Å²) in [7, 11) is 1.67. The number of amides is 1. The van der Waals surface area contributed by atoms with Gasteiger partial charge < -0.3 is 14.8 Å². The number of morpholine rings is 1. The number of nitrogens with zero attached hydrogens (tertiary/aromatic N) is 1. The number of hydrogen-bond donors (Lipinski definition) is 1. The van der Waals surface area contributed by atoms with E-state index in [0.29, 0.717) is 19.7 Å². The molecule has 1 N–H and O–H groups in total. The van der Waals surface area contributed by atoms with E-state index in [1.165, 1.54) is 10.4 Å². The number of benzene rings is 1. The Balaban J connectivity index is 1.46. The van der Waals surface area contributed by atoms with E-state index < -0.39 is 0 Å². The molecular formula is C19H24N2O3S. The summed E-state index contributed by atoms with van der Waals surface area (Å²) in [5, 5.41) is 5.00. The first kappa shape index (κ1) is 17.9. The highest BCUT2D eigenvalue weighted by molar-refractivity contribution is 7.09. The van der Waals surface area contributed by atoms with Crippen molar-refractivity contribution in [2.24, 2.45) is 0 Å². The Kier molecular flexibility index (Phi) is 6.44. The van der Waals surface area contributed by atoms with E-state index in [4.69, 9.17) is 9.47 Å². The Hall–Kier alpha value is -1.89. The zero-order chi connectivity index (χ0) is 17.5. The van der Waals surface area contributed by atoms with Gasteiger partial charge in [0.15, 0.2) is 0 Å². The SMILES string of the molecule is COc1cccc(C[C@H]2CN(CC(=O)NCc3cccs3)CCO2)c1. The Labute approximate surface area is 152 Å². The van der Waals surface area contributed by atoms with E-state index in [9.17, 15) is 4.79 Å². The Morgan fingerprint density at radius 3 is 3.12 bits per heavy atom. The molecule has 0 bridgehead atoms. The molecule has 1 aliphatic heterocycles. The van der Waals surface area contributed by atoms with Crippen molar-refractivity contribution in [3.8, 4) is 5.75 Å². The average Bonchev–Trinajstić information content (AvgIpc) is 3.14. The van der Waals surface area contributed by atoms with Crippen molar-refractivity contribution in [3.05, 3.63) is 52.2 Å². The zero-order valence-electron chi connectivity index (χ0n) is 14.4. The summed E-state index contributed by atoms with van der Waals surface area (Å²) in [6.07, 6.45) is 0.927. The van der Waals surface area contributed by atoms with Crippen molar-refractivity contribution >= 4 is 17.2 Å². The molecule has 1 atom stereocenters. The molecule has 3 rings (SSSR count). The number of ether oxygens (including phenoxy) is 2. The molecule has 1 saturated heterocycles. The summed E-state index contributed by atoms with van der Waals surface area (Å²) in [6.45, 7) is 3.24. The lowest BCUT2D eigenvalue weighted by atomic mass is 10.1. The first-order chi connectivity index (χ1) is 12.2. The lowest BCUT2D eigenvalue weighted by Crippen LogP contribution is -2.47. The first-order valence-electron chi connectivity index (χ1n) is 8.49. The topological polar surface area (TPSA) is 50.8 Å². The second-order valence-electron chi connectivity index (χ2n) is 6.14. The summed E-state index contributed by atoms with van der Waals surface area (Å²) >= 11 is 1.66. The number of nitrogens with one attached hydrogen (secondary N) is 1. The normalized spacial score (nSPS) is 18.0. The molecular weight excluding hydrogens is 336 g/mol. The largest absolute Gasteiger partial charge is 0.497 e. The van der Waals surface area contributed by atoms with Crippen LogP contribution in [-0.2, 0) is 22.5 Å². The Bertz CT molecular complexity index is 675. The summed E-state index contributed by atoms with van der Waals surface area (Å²) < 4.78 is 11.1. The van der Waals surface area contributed by atoms with Gasteiger partial charge in [0, 0.05) is 24.4 Å². The molecule has 1 amide bonds. The molecule has 134 valence electrons. The third kappa shape index (κ3) is 5.56. The predicted molar refractivity (Wildman–Crippen MR) is 99.0 cm³/mol. The van der Waals surface area contributed by atoms with E-state index in [-0.39, 0.29) is 12.0 Å². The molecule has 5 nitrogen and oxygen atoms in total. The quantitative estimate of drug-likeness (QED) is 0.823. The minimum Gasteiger partial charge on any atom is -0.497 e. The van der Waals surface area contributed by atoms with Crippen LogP contribution < -0.4 is 10.1 Å². The number of thiophene rings is 1. The van der Waals surface area contributed by atoms with Crippen LogP contribution >= 0.6 is 11.3 Å². The number of carbonyl (C=O) groups excluding carboxylic acids is 1. The first-order valence-corrected chi connectivity index (χ1v) is 9.37. The molecule has 25 heavy (non-hydrogen) atoms. The van der Waals surface area contributed by atoms with Crippen LogP contribution in [0, 0.1) is 0 Å². The number of carbonyl (C=O) groups is 1. The highest BCUT2D eigenvalue weighted by Gasteiger charge is 2.22. The lowest BCUT2D eigenvalue weighted by Gasteiger charge is -2.32. The van der Waals surface area contributed by atoms with Crippen molar-refractivity contribution in [1.82, 2.24) is 10.2 Å². The van der Waals surface area contributed by atoms with Crippen molar-refractivity contribution in [3.63, 3.8) is 0 Å². The molecule has 0 spiro atoms. The van der Waals surface area contributed by atoms with Crippen LogP contribution in [0.2, 0.25) is 0 Å². The van der Waals surface area contributed by atoms with Gasteiger partial charge in [-0.25, -0.2) is 0 Å². The van der Waals surface area contributed by atoms with Crippen molar-refractivity contribution in [1.29, 1.82) is 0 Å². The summed E-state index contributed by atoms with van der Waals surface area (Å²) in [4.78, 5) is 15.5. The van der Waals surface area contributed by atoms with Crippen LogP contribution in [0.1, 0.15) is 10.4 Å². The maximum Gasteiger partial charge on any atom is 0.234 e. The molecule has 2 heterocycles. The van der Waals surface area contributed by atoms with Gasteiger partial charge in [-0.2, -0.15) is 0 Å². The molecule has 1 aromatic carbocycles. The fraction of sp³-hybridized carbons (Fsp3) is 0.421. The summed E-state index contributed by atoms with van der Waals surface area (Å²) in [5.41, 5.74) is 1.19. The third-order valence-electron chi connectivity index (χ3n) is 4.23. The van der Waals surface area contributed by atoms with E-state index in [2.05, 4.69) is 16.3 Å². The van der Waals surface area contributed by atoms with Crippen molar-refractivity contribution in [2.75, 3.05) is 33.4 Å². The van der Waals surface area contributed by atoms with Crippen LogP contribution in [0.3, 0.4) is 0 Å². The summed E-state index contributed by atoms with van der Waals surface area (Å²) in [6, 6.07) is 12.1. The van der Waals surface area contributed by atoms with E-state index in [0.717, 1.165) is 25.3 Å². The molecule has 0 radical (unpaired) electrons. The second kappa shape index (κ2) is 8.99. The van der Waals surface area contributed by atoms with Gasteiger partial charge >= 0.3 is 0 Å². The van der Waals surface area contributed by atoms with Crippen LogP contribution in [0.25, 0.3) is 0 Å². The molecule has 1 fully saturated rings. The Morgan fingerprint density at radius 2 is 2.32 bits per heavy atom. The molecule has 6 heteroatoms. The highest BCUT2D eigenvalue weighted by atomic mass is 32.1.